The SMILES string of the molecule is CC(C)(C)c1cc(C(=O)c2ccoc2)cc(C(C)(C)C)c1O. The Hall–Kier alpha value is -2.03. The second-order valence-corrected chi connectivity index (χ2v) is 7.76. The zero-order valence-electron chi connectivity index (χ0n) is 14.2. The minimum atomic E-state index is -0.253. The summed E-state index contributed by atoms with van der Waals surface area (Å²) in [6, 6.07) is 5.24. The number of carbonyl (C=O) groups excluding carboxylic acids is 1. The molecule has 3 nitrogen and oxygen atoms in total. The number of carbonyl (C=O) groups is 1. The first-order valence-corrected chi connectivity index (χ1v) is 7.46. The Balaban J connectivity index is 2.68. The number of phenols is 1. The van der Waals surface area contributed by atoms with Crippen LogP contribution in [0.15, 0.2) is 35.1 Å². The van der Waals surface area contributed by atoms with Crippen LogP contribution in [0.2, 0.25) is 0 Å². The summed E-state index contributed by atoms with van der Waals surface area (Å²) in [6.45, 7) is 12.2. The minimum absolute atomic E-state index is 0.0928. The maximum atomic E-state index is 12.6. The van der Waals surface area contributed by atoms with Gasteiger partial charge < -0.3 is 9.52 Å². The molecule has 0 aliphatic rings. The van der Waals surface area contributed by atoms with Crippen LogP contribution in [0.1, 0.15) is 68.6 Å². The highest BCUT2D eigenvalue weighted by atomic mass is 16.3. The number of hydrogen-bond donors (Lipinski definition) is 1. The van der Waals surface area contributed by atoms with Crippen molar-refractivity contribution in [3.8, 4) is 5.75 Å². The normalized spacial score (nSPS) is 12.5. The molecule has 0 aliphatic heterocycles. The van der Waals surface area contributed by atoms with Gasteiger partial charge in [0.05, 0.1) is 11.8 Å². The Kier molecular flexibility index (Phi) is 3.94. The lowest BCUT2D eigenvalue weighted by Crippen LogP contribution is -2.19. The molecule has 0 radical (unpaired) electrons. The molecule has 3 heteroatoms. The number of aromatic hydroxyl groups is 1. The monoisotopic (exact) mass is 300 g/mol. The topological polar surface area (TPSA) is 50.4 Å². The molecule has 0 amide bonds. The Labute approximate surface area is 132 Å². The van der Waals surface area contributed by atoms with E-state index < -0.39 is 0 Å². The molecule has 22 heavy (non-hydrogen) atoms. The Morgan fingerprint density at radius 2 is 1.45 bits per heavy atom. The third-order valence-electron chi connectivity index (χ3n) is 3.77. The van der Waals surface area contributed by atoms with Crippen LogP contribution in [-0.2, 0) is 10.8 Å². The summed E-state index contributed by atoms with van der Waals surface area (Å²) in [6.07, 6.45) is 2.94. The van der Waals surface area contributed by atoms with Crippen molar-refractivity contribution in [2.75, 3.05) is 0 Å². The highest BCUT2D eigenvalue weighted by Gasteiger charge is 2.28. The molecule has 0 aliphatic carbocycles. The maximum absolute atomic E-state index is 12.6. The number of hydrogen-bond acceptors (Lipinski definition) is 3. The van der Waals surface area contributed by atoms with Crippen LogP contribution in [0.25, 0.3) is 0 Å². The molecule has 0 unspecified atom stereocenters. The van der Waals surface area contributed by atoms with Crippen molar-refractivity contribution < 1.29 is 14.3 Å². The Morgan fingerprint density at radius 3 is 1.82 bits per heavy atom. The summed E-state index contributed by atoms with van der Waals surface area (Å²) in [5, 5.41) is 10.7. The Bertz CT molecular complexity index is 645. The average molecular weight is 300 g/mol. The summed E-state index contributed by atoms with van der Waals surface area (Å²) in [7, 11) is 0. The van der Waals surface area contributed by atoms with E-state index in [4.69, 9.17) is 4.42 Å². The van der Waals surface area contributed by atoms with E-state index in [1.54, 1.807) is 18.2 Å². The van der Waals surface area contributed by atoms with Crippen molar-refractivity contribution in [2.45, 2.75) is 52.4 Å². The molecule has 0 bridgehead atoms. The van der Waals surface area contributed by atoms with Gasteiger partial charge in [0.25, 0.3) is 0 Å². The summed E-state index contributed by atoms with van der Waals surface area (Å²) in [4.78, 5) is 12.6. The molecule has 1 N–H and O–H groups in total. The van der Waals surface area contributed by atoms with Gasteiger partial charge in [-0.05, 0) is 29.0 Å². The summed E-state index contributed by atoms with van der Waals surface area (Å²) < 4.78 is 5.01. The van der Waals surface area contributed by atoms with Gasteiger partial charge in [-0.15, -0.1) is 0 Å². The summed E-state index contributed by atoms with van der Waals surface area (Å²) in [5.41, 5.74) is 2.16. The van der Waals surface area contributed by atoms with Crippen LogP contribution in [0.3, 0.4) is 0 Å². The molecule has 0 atom stereocenters. The fourth-order valence-corrected chi connectivity index (χ4v) is 2.47. The highest BCUT2D eigenvalue weighted by Crippen LogP contribution is 2.40. The van der Waals surface area contributed by atoms with Gasteiger partial charge in [-0.25, -0.2) is 0 Å². The minimum Gasteiger partial charge on any atom is -0.507 e. The number of benzene rings is 1. The average Bonchev–Trinajstić information content (AvgIpc) is 2.89. The van der Waals surface area contributed by atoms with E-state index in [0.29, 0.717) is 11.1 Å². The predicted molar refractivity (Wildman–Crippen MR) is 87.6 cm³/mol. The van der Waals surface area contributed by atoms with Gasteiger partial charge in [0, 0.05) is 16.7 Å². The van der Waals surface area contributed by atoms with E-state index in [0.717, 1.165) is 11.1 Å². The number of furan rings is 1. The van der Waals surface area contributed by atoms with Crippen LogP contribution < -0.4 is 0 Å². The third-order valence-corrected chi connectivity index (χ3v) is 3.77. The van der Waals surface area contributed by atoms with Crippen LogP contribution in [-0.4, -0.2) is 10.9 Å². The van der Waals surface area contributed by atoms with Crippen molar-refractivity contribution >= 4 is 5.78 Å². The fraction of sp³-hybridized carbons (Fsp3) is 0.421. The molecule has 1 aromatic heterocycles. The molecular weight excluding hydrogens is 276 g/mol. The van der Waals surface area contributed by atoms with E-state index in [1.165, 1.54) is 12.5 Å². The first-order valence-electron chi connectivity index (χ1n) is 7.46. The van der Waals surface area contributed by atoms with Crippen molar-refractivity contribution in [1.82, 2.24) is 0 Å². The molecule has 2 rings (SSSR count). The fourth-order valence-electron chi connectivity index (χ4n) is 2.47. The predicted octanol–water partition coefficient (Wildman–Crippen LogP) is 4.81. The molecule has 0 spiro atoms. The van der Waals surface area contributed by atoms with Gasteiger partial charge in [-0.1, -0.05) is 41.5 Å². The van der Waals surface area contributed by atoms with Gasteiger partial charge in [0.2, 0.25) is 0 Å². The van der Waals surface area contributed by atoms with Crippen molar-refractivity contribution in [3.05, 3.63) is 53.0 Å². The molecule has 1 aromatic carbocycles. The van der Waals surface area contributed by atoms with Gasteiger partial charge in [0.15, 0.2) is 5.78 Å². The van der Waals surface area contributed by atoms with Crippen LogP contribution >= 0.6 is 0 Å². The summed E-state index contributed by atoms with van der Waals surface area (Å²) in [5.74, 6) is 0.188. The number of rotatable bonds is 2. The zero-order valence-corrected chi connectivity index (χ0v) is 14.2. The highest BCUT2D eigenvalue weighted by molar-refractivity contribution is 6.09. The largest absolute Gasteiger partial charge is 0.507 e. The lowest BCUT2D eigenvalue weighted by Gasteiger charge is -2.28. The molecule has 118 valence electrons. The van der Waals surface area contributed by atoms with Crippen LogP contribution in [0.4, 0.5) is 0 Å². The maximum Gasteiger partial charge on any atom is 0.196 e. The van der Waals surface area contributed by atoms with E-state index in [9.17, 15) is 9.90 Å². The first-order chi connectivity index (χ1) is 10.0. The van der Waals surface area contributed by atoms with E-state index >= 15 is 0 Å². The van der Waals surface area contributed by atoms with Crippen LogP contribution in [0, 0.1) is 0 Å². The number of ketones is 1. The van der Waals surface area contributed by atoms with Gasteiger partial charge in [-0.3, -0.25) is 4.79 Å². The Morgan fingerprint density at radius 1 is 0.955 bits per heavy atom. The second kappa shape index (κ2) is 5.31. The quantitative estimate of drug-likeness (QED) is 0.810. The lowest BCUT2D eigenvalue weighted by atomic mass is 9.78. The molecule has 0 fully saturated rings. The molecular formula is C19H24O3. The van der Waals surface area contributed by atoms with Crippen LogP contribution in [0.5, 0.6) is 5.75 Å². The standard InChI is InChI=1S/C19H24O3/c1-18(2,3)14-9-13(16(20)12-7-8-22-11-12)10-15(17(14)21)19(4,5)6/h7-11,21H,1-6H3. The van der Waals surface area contributed by atoms with Gasteiger partial charge >= 0.3 is 0 Å². The van der Waals surface area contributed by atoms with Gasteiger partial charge in [0.1, 0.15) is 12.0 Å². The van der Waals surface area contributed by atoms with E-state index in [1.807, 2.05) is 41.5 Å². The lowest BCUT2D eigenvalue weighted by molar-refractivity contribution is 0.103. The zero-order chi connectivity index (χ0) is 16.7. The number of phenolic OH excluding ortho intramolecular Hbond substituents is 1. The van der Waals surface area contributed by atoms with Crippen molar-refractivity contribution in [1.29, 1.82) is 0 Å². The first kappa shape index (κ1) is 16.3. The van der Waals surface area contributed by atoms with E-state index in [-0.39, 0.29) is 22.4 Å². The van der Waals surface area contributed by atoms with Crippen molar-refractivity contribution in [2.24, 2.45) is 0 Å². The van der Waals surface area contributed by atoms with Crippen molar-refractivity contribution in [3.63, 3.8) is 0 Å². The molecule has 0 saturated heterocycles. The summed E-state index contributed by atoms with van der Waals surface area (Å²) >= 11 is 0. The molecule has 0 saturated carbocycles. The molecule has 1 heterocycles. The molecule has 2 aromatic rings. The van der Waals surface area contributed by atoms with E-state index in [2.05, 4.69) is 0 Å². The third kappa shape index (κ3) is 3.08. The smallest absolute Gasteiger partial charge is 0.196 e. The van der Waals surface area contributed by atoms with Gasteiger partial charge in [-0.2, -0.15) is 0 Å². The second-order valence-electron chi connectivity index (χ2n) is 7.76.